The van der Waals surface area contributed by atoms with Gasteiger partial charge in [0, 0.05) is 18.9 Å². The van der Waals surface area contributed by atoms with Gasteiger partial charge in [-0.15, -0.1) is 10.2 Å². The number of hydrogen-bond acceptors (Lipinski definition) is 4. The Morgan fingerprint density at radius 1 is 1.27 bits per heavy atom. The molecular weight excluding hydrogens is 301 g/mol. The zero-order valence-electron chi connectivity index (χ0n) is 13.3. The van der Waals surface area contributed by atoms with E-state index in [2.05, 4.69) is 24.0 Å². The second-order valence-corrected chi connectivity index (χ2v) is 6.40. The molecule has 0 atom stereocenters. The highest BCUT2D eigenvalue weighted by atomic mass is 32.2. The fraction of sp³-hybridized carbons (Fsp3) is 0.500. The van der Waals surface area contributed by atoms with E-state index in [1.54, 1.807) is 23.9 Å². The highest BCUT2D eigenvalue weighted by molar-refractivity contribution is 7.99. The second kappa shape index (κ2) is 8.29. The van der Waals surface area contributed by atoms with Crippen molar-refractivity contribution in [3.8, 4) is 11.4 Å². The third kappa shape index (κ3) is 4.30. The number of thioether (sulfide) groups is 1. The Labute approximate surface area is 135 Å². The molecule has 0 aliphatic heterocycles. The number of ether oxygens (including phenoxy) is 1. The van der Waals surface area contributed by atoms with Gasteiger partial charge >= 0.3 is 0 Å². The predicted molar refractivity (Wildman–Crippen MR) is 87.5 cm³/mol. The lowest BCUT2D eigenvalue weighted by molar-refractivity contribution is 0.164. The molecule has 0 aliphatic rings. The lowest BCUT2D eigenvalue weighted by Gasteiger charge is -2.12. The van der Waals surface area contributed by atoms with Crippen LogP contribution in [0.25, 0.3) is 11.4 Å². The molecule has 0 saturated carbocycles. The lowest BCUT2D eigenvalue weighted by Crippen LogP contribution is -2.09. The number of hydrogen-bond donors (Lipinski definition) is 0. The largest absolute Gasteiger partial charge is 0.381 e. The highest BCUT2D eigenvalue weighted by Gasteiger charge is 2.17. The number of benzene rings is 1. The summed E-state index contributed by atoms with van der Waals surface area (Å²) in [5.74, 6) is 1.55. The second-order valence-electron chi connectivity index (χ2n) is 5.34. The summed E-state index contributed by atoms with van der Waals surface area (Å²) in [7, 11) is 0. The standard InChI is InChI=1S/C16H22FN3OS/c1-4-21-9-10-22-16-19-18-15(20(16)11-12(2)3)13-7-5-6-8-14(13)17/h5-8,12H,4,9-11H2,1-3H3. The zero-order valence-corrected chi connectivity index (χ0v) is 14.1. The molecule has 0 radical (unpaired) electrons. The third-order valence-corrected chi connectivity index (χ3v) is 3.97. The molecule has 2 rings (SSSR count). The van der Waals surface area contributed by atoms with Crippen LogP contribution in [0.4, 0.5) is 4.39 Å². The molecule has 1 aromatic carbocycles. The summed E-state index contributed by atoms with van der Waals surface area (Å²) in [5.41, 5.74) is 0.493. The van der Waals surface area contributed by atoms with E-state index in [1.807, 2.05) is 17.6 Å². The van der Waals surface area contributed by atoms with Gasteiger partial charge in [0.2, 0.25) is 0 Å². The van der Waals surface area contributed by atoms with E-state index < -0.39 is 0 Å². The van der Waals surface area contributed by atoms with E-state index in [0.29, 0.717) is 30.5 Å². The third-order valence-electron chi connectivity index (χ3n) is 3.04. The van der Waals surface area contributed by atoms with Crippen LogP contribution in [-0.4, -0.2) is 33.7 Å². The van der Waals surface area contributed by atoms with Crippen molar-refractivity contribution in [2.45, 2.75) is 32.5 Å². The maximum atomic E-state index is 14.0. The van der Waals surface area contributed by atoms with E-state index in [1.165, 1.54) is 6.07 Å². The Hall–Kier alpha value is -1.40. The molecule has 0 unspecified atom stereocenters. The minimum atomic E-state index is -0.272. The molecule has 0 aliphatic carbocycles. The van der Waals surface area contributed by atoms with Gasteiger partial charge in [0.05, 0.1) is 12.2 Å². The van der Waals surface area contributed by atoms with Gasteiger partial charge in [-0.3, -0.25) is 0 Å². The SMILES string of the molecule is CCOCCSc1nnc(-c2ccccc2F)n1CC(C)C. The summed E-state index contributed by atoms with van der Waals surface area (Å²) in [5, 5.41) is 9.26. The molecule has 0 spiro atoms. The maximum absolute atomic E-state index is 14.0. The topological polar surface area (TPSA) is 39.9 Å². The summed E-state index contributed by atoms with van der Waals surface area (Å²) in [4.78, 5) is 0. The average molecular weight is 323 g/mol. The van der Waals surface area contributed by atoms with Gasteiger partial charge < -0.3 is 9.30 Å². The molecule has 1 heterocycles. The van der Waals surface area contributed by atoms with E-state index >= 15 is 0 Å². The Morgan fingerprint density at radius 2 is 2.05 bits per heavy atom. The maximum Gasteiger partial charge on any atom is 0.191 e. The quantitative estimate of drug-likeness (QED) is 0.546. The lowest BCUT2D eigenvalue weighted by atomic mass is 10.2. The summed E-state index contributed by atoms with van der Waals surface area (Å²) >= 11 is 1.59. The van der Waals surface area contributed by atoms with Gasteiger partial charge in [0.15, 0.2) is 11.0 Å². The summed E-state index contributed by atoms with van der Waals surface area (Å²) in [6, 6.07) is 6.69. The van der Waals surface area contributed by atoms with Crippen molar-refractivity contribution in [2.75, 3.05) is 19.0 Å². The molecule has 0 bridgehead atoms. The van der Waals surface area contributed by atoms with Gasteiger partial charge in [-0.05, 0) is 25.0 Å². The fourth-order valence-corrected chi connectivity index (χ4v) is 2.90. The van der Waals surface area contributed by atoms with Gasteiger partial charge in [-0.25, -0.2) is 4.39 Å². The van der Waals surface area contributed by atoms with Crippen LogP contribution in [0.5, 0.6) is 0 Å². The first kappa shape index (κ1) is 17.0. The van der Waals surface area contributed by atoms with E-state index in [0.717, 1.165) is 17.5 Å². The van der Waals surface area contributed by atoms with Crippen molar-refractivity contribution in [3.63, 3.8) is 0 Å². The first-order valence-corrected chi connectivity index (χ1v) is 8.50. The van der Waals surface area contributed by atoms with Crippen LogP contribution < -0.4 is 0 Å². The number of rotatable bonds is 8. The molecule has 0 fully saturated rings. The van der Waals surface area contributed by atoms with Crippen molar-refractivity contribution in [2.24, 2.45) is 5.92 Å². The summed E-state index contributed by atoms with van der Waals surface area (Å²) < 4.78 is 21.4. The average Bonchev–Trinajstić information content (AvgIpc) is 2.86. The number of aromatic nitrogens is 3. The van der Waals surface area contributed by atoms with Crippen LogP contribution in [-0.2, 0) is 11.3 Å². The molecular formula is C16H22FN3OS. The van der Waals surface area contributed by atoms with Crippen molar-refractivity contribution in [1.82, 2.24) is 14.8 Å². The van der Waals surface area contributed by atoms with Crippen molar-refractivity contribution in [1.29, 1.82) is 0 Å². The van der Waals surface area contributed by atoms with Crippen LogP contribution in [0, 0.1) is 11.7 Å². The minimum Gasteiger partial charge on any atom is -0.381 e. The number of nitrogens with zero attached hydrogens (tertiary/aromatic N) is 3. The molecule has 6 heteroatoms. The Balaban J connectivity index is 2.26. The first-order chi connectivity index (χ1) is 10.6. The smallest absolute Gasteiger partial charge is 0.191 e. The number of halogens is 1. The Morgan fingerprint density at radius 3 is 2.73 bits per heavy atom. The fourth-order valence-electron chi connectivity index (χ4n) is 2.10. The Kier molecular flexibility index (Phi) is 6.39. The highest BCUT2D eigenvalue weighted by Crippen LogP contribution is 2.26. The molecule has 0 N–H and O–H groups in total. The minimum absolute atomic E-state index is 0.272. The Bertz CT molecular complexity index is 601. The monoisotopic (exact) mass is 323 g/mol. The van der Waals surface area contributed by atoms with Crippen molar-refractivity contribution < 1.29 is 9.13 Å². The van der Waals surface area contributed by atoms with Gasteiger partial charge in [0.1, 0.15) is 5.82 Å². The van der Waals surface area contributed by atoms with Crippen LogP contribution in [0.1, 0.15) is 20.8 Å². The molecule has 0 amide bonds. The van der Waals surface area contributed by atoms with Gasteiger partial charge in [-0.2, -0.15) is 0 Å². The molecule has 1 aromatic heterocycles. The van der Waals surface area contributed by atoms with Crippen LogP contribution in [0.2, 0.25) is 0 Å². The van der Waals surface area contributed by atoms with Gasteiger partial charge in [0.25, 0.3) is 0 Å². The van der Waals surface area contributed by atoms with Crippen molar-refractivity contribution >= 4 is 11.8 Å². The summed E-state index contributed by atoms with van der Waals surface area (Å²) in [6.07, 6.45) is 0. The van der Waals surface area contributed by atoms with Crippen molar-refractivity contribution in [3.05, 3.63) is 30.1 Å². The van der Waals surface area contributed by atoms with Crippen LogP contribution in [0.15, 0.2) is 29.4 Å². The molecule has 2 aromatic rings. The van der Waals surface area contributed by atoms with E-state index in [9.17, 15) is 4.39 Å². The summed E-state index contributed by atoms with van der Waals surface area (Å²) in [6.45, 7) is 8.36. The van der Waals surface area contributed by atoms with Crippen LogP contribution >= 0.6 is 11.8 Å². The van der Waals surface area contributed by atoms with E-state index in [-0.39, 0.29) is 5.82 Å². The predicted octanol–water partition coefficient (Wildman–Crippen LogP) is 3.87. The van der Waals surface area contributed by atoms with Crippen LogP contribution in [0.3, 0.4) is 0 Å². The molecule has 22 heavy (non-hydrogen) atoms. The molecule has 120 valence electrons. The van der Waals surface area contributed by atoms with E-state index in [4.69, 9.17) is 4.74 Å². The first-order valence-electron chi connectivity index (χ1n) is 7.52. The zero-order chi connectivity index (χ0) is 15.9. The normalized spacial score (nSPS) is 11.3. The van der Waals surface area contributed by atoms with Gasteiger partial charge in [-0.1, -0.05) is 37.7 Å². The molecule has 0 saturated heterocycles. The molecule has 4 nitrogen and oxygen atoms in total.